The number of nitro groups is 1. The lowest BCUT2D eigenvalue weighted by atomic mass is 10.1. The SMILES string of the molecule is Cc1cccc(C(=O)OCC(=O)Nc2ccc(CC#N)cc2)c1[N+](=O)[O-]. The molecular weight excluding hydrogens is 338 g/mol. The molecule has 8 nitrogen and oxygen atoms in total. The molecule has 0 spiro atoms. The molecule has 132 valence electrons. The minimum Gasteiger partial charge on any atom is -0.452 e. The average Bonchev–Trinajstić information content (AvgIpc) is 2.61. The Hall–Kier alpha value is -3.73. The van der Waals surface area contributed by atoms with E-state index >= 15 is 0 Å². The van der Waals surface area contributed by atoms with E-state index in [0.29, 0.717) is 11.3 Å². The Labute approximate surface area is 149 Å². The fourth-order valence-electron chi connectivity index (χ4n) is 2.27. The standard InChI is InChI=1S/C18H15N3O5/c1-12-3-2-4-15(17(12)21(24)25)18(23)26-11-16(22)20-14-7-5-13(6-8-14)9-10-19/h2-8H,9,11H2,1H3,(H,20,22). The van der Waals surface area contributed by atoms with Crippen molar-refractivity contribution in [2.75, 3.05) is 11.9 Å². The number of amides is 1. The Morgan fingerprint density at radius 1 is 1.23 bits per heavy atom. The summed E-state index contributed by atoms with van der Waals surface area (Å²) in [5.41, 5.74) is 1.07. The van der Waals surface area contributed by atoms with E-state index in [1.54, 1.807) is 24.3 Å². The van der Waals surface area contributed by atoms with Gasteiger partial charge in [0.2, 0.25) is 0 Å². The second-order valence-corrected chi connectivity index (χ2v) is 5.38. The van der Waals surface area contributed by atoms with Crippen LogP contribution in [-0.2, 0) is 16.0 Å². The van der Waals surface area contributed by atoms with E-state index < -0.39 is 23.4 Å². The summed E-state index contributed by atoms with van der Waals surface area (Å²) in [6.45, 7) is 0.932. The Balaban J connectivity index is 1.97. The van der Waals surface area contributed by atoms with Gasteiger partial charge in [-0.05, 0) is 30.7 Å². The first-order chi connectivity index (χ1) is 12.4. The first-order valence-corrected chi connectivity index (χ1v) is 7.59. The van der Waals surface area contributed by atoms with E-state index in [1.165, 1.54) is 25.1 Å². The van der Waals surface area contributed by atoms with Crippen molar-refractivity contribution in [2.45, 2.75) is 13.3 Å². The quantitative estimate of drug-likeness (QED) is 0.484. The Morgan fingerprint density at radius 2 is 1.92 bits per heavy atom. The lowest BCUT2D eigenvalue weighted by Gasteiger charge is -2.08. The van der Waals surface area contributed by atoms with Crippen molar-refractivity contribution in [2.24, 2.45) is 0 Å². The van der Waals surface area contributed by atoms with Gasteiger partial charge in [0, 0.05) is 11.3 Å². The van der Waals surface area contributed by atoms with Crippen LogP contribution in [0.1, 0.15) is 21.5 Å². The van der Waals surface area contributed by atoms with Gasteiger partial charge >= 0.3 is 5.97 Å². The van der Waals surface area contributed by atoms with Crippen LogP contribution in [0.5, 0.6) is 0 Å². The van der Waals surface area contributed by atoms with Crippen molar-refractivity contribution in [3.05, 3.63) is 69.3 Å². The summed E-state index contributed by atoms with van der Waals surface area (Å²) in [5.74, 6) is -1.53. The van der Waals surface area contributed by atoms with Gasteiger partial charge in [0.15, 0.2) is 6.61 Å². The molecular formula is C18H15N3O5. The van der Waals surface area contributed by atoms with Gasteiger partial charge in [-0.15, -0.1) is 0 Å². The van der Waals surface area contributed by atoms with Gasteiger partial charge in [0.1, 0.15) is 5.56 Å². The number of aryl methyl sites for hydroxylation is 1. The van der Waals surface area contributed by atoms with E-state index in [0.717, 1.165) is 5.56 Å². The molecule has 26 heavy (non-hydrogen) atoms. The second-order valence-electron chi connectivity index (χ2n) is 5.38. The van der Waals surface area contributed by atoms with Crippen LogP contribution in [0.3, 0.4) is 0 Å². The number of nitrogens with one attached hydrogen (secondary N) is 1. The molecule has 1 N–H and O–H groups in total. The third-order valence-electron chi connectivity index (χ3n) is 3.50. The summed E-state index contributed by atoms with van der Waals surface area (Å²) < 4.78 is 4.87. The fraction of sp³-hybridized carbons (Fsp3) is 0.167. The second kappa shape index (κ2) is 8.39. The van der Waals surface area contributed by atoms with Crippen LogP contribution in [0.15, 0.2) is 42.5 Å². The van der Waals surface area contributed by atoms with E-state index in [-0.39, 0.29) is 17.7 Å². The Kier molecular flexibility index (Phi) is 6.01. The predicted molar refractivity (Wildman–Crippen MR) is 92.5 cm³/mol. The first-order valence-electron chi connectivity index (χ1n) is 7.59. The van der Waals surface area contributed by atoms with Crippen molar-refractivity contribution < 1.29 is 19.2 Å². The molecule has 0 aromatic heterocycles. The zero-order valence-electron chi connectivity index (χ0n) is 13.9. The number of ether oxygens (including phenoxy) is 1. The number of benzene rings is 2. The number of nitro benzene ring substituents is 1. The van der Waals surface area contributed by atoms with Crippen LogP contribution >= 0.6 is 0 Å². The highest BCUT2D eigenvalue weighted by Gasteiger charge is 2.24. The molecule has 0 saturated carbocycles. The van der Waals surface area contributed by atoms with Gasteiger partial charge in [-0.3, -0.25) is 14.9 Å². The summed E-state index contributed by atoms with van der Waals surface area (Å²) in [7, 11) is 0. The van der Waals surface area contributed by atoms with Crippen LogP contribution in [0.2, 0.25) is 0 Å². The first kappa shape index (κ1) is 18.6. The molecule has 1 amide bonds. The van der Waals surface area contributed by atoms with Crippen molar-refractivity contribution >= 4 is 23.3 Å². The molecule has 0 saturated heterocycles. The van der Waals surface area contributed by atoms with Crippen molar-refractivity contribution in [1.82, 2.24) is 0 Å². The van der Waals surface area contributed by atoms with E-state index in [2.05, 4.69) is 5.32 Å². The smallest absolute Gasteiger partial charge is 0.345 e. The molecule has 0 fully saturated rings. The number of carbonyl (C=O) groups is 2. The molecule has 0 aliphatic rings. The monoisotopic (exact) mass is 353 g/mol. The van der Waals surface area contributed by atoms with E-state index in [9.17, 15) is 19.7 Å². The number of para-hydroxylation sites is 1. The lowest BCUT2D eigenvalue weighted by molar-refractivity contribution is -0.385. The van der Waals surface area contributed by atoms with Crippen LogP contribution in [0.4, 0.5) is 11.4 Å². The molecule has 2 aromatic rings. The number of anilines is 1. The highest BCUT2D eigenvalue weighted by molar-refractivity contribution is 5.97. The highest BCUT2D eigenvalue weighted by Crippen LogP contribution is 2.23. The molecule has 0 radical (unpaired) electrons. The highest BCUT2D eigenvalue weighted by atomic mass is 16.6. The molecule has 0 atom stereocenters. The van der Waals surface area contributed by atoms with Gasteiger partial charge in [0.25, 0.3) is 11.6 Å². The third kappa shape index (κ3) is 4.64. The molecule has 8 heteroatoms. The van der Waals surface area contributed by atoms with E-state index in [4.69, 9.17) is 10.00 Å². The maximum atomic E-state index is 12.1. The largest absolute Gasteiger partial charge is 0.452 e. The predicted octanol–water partition coefficient (Wildman–Crippen LogP) is 2.76. The lowest BCUT2D eigenvalue weighted by Crippen LogP contribution is -2.21. The zero-order chi connectivity index (χ0) is 19.1. The topological polar surface area (TPSA) is 122 Å². The number of nitriles is 1. The minimum atomic E-state index is -0.945. The van der Waals surface area contributed by atoms with Gasteiger partial charge in [0.05, 0.1) is 17.4 Å². The maximum absolute atomic E-state index is 12.1. The van der Waals surface area contributed by atoms with Gasteiger partial charge in [-0.1, -0.05) is 24.3 Å². The molecule has 2 rings (SSSR count). The van der Waals surface area contributed by atoms with Gasteiger partial charge in [-0.25, -0.2) is 4.79 Å². The summed E-state index contributed by atoms with van der Waals surface area (Å²) in [6, 6.07) is 12.9. The number of esters is 1. The normalized spacial score (nSPS) is 9.85. The average molecular weight is 353 g/mol. The zero-order valence-corrected chi connectivity index (χ0v) is 13.9. The van der Waals surface area contributed by atoms with Crippen LogP contribution in [-0.4, -0.2) is 23.4 Å². The molecule has 2 aromatic carbocycles. The van der Waals surface area contributed by atoms with Crippen LogP contribution in [0.25, 0.3) is 0 Å². The molecule has 0 heterocycles. The Bertz CT molecular complexity index is 885. The summed E-state index contributed by atoms with van der Waals surface area (Å²) in [5, 5.41) is 22.2. The van der Waals surface area contributed by atoms with E-state index in [1.807, 2.05) is 6.07 Å². The number of nitrogens with zero attached hydrogens (tertiary/aromatic N) is 2. The number of hydrogen-bond donors (Lipinski definition) is 1. The molecule has 0 aliphatic carbocycles. The summed E-state index contributed by atoms with van der Waals surface area (Å²) >= 11 is 0. The summed E-state index contributed by atoms with van der Waals surface area (Å²) in [4.78, 5) is 34.4. The number of carbonyl (C=O) groups excluding carboxylic acids is 2. The van der Waals surface area contributed by atoms with Gasteiger partial charge in [-0.2, -0.15) is 5.26 Å². The molecule has 0 aliphatic heterocycles. The van der Waals surface area contributed by atoms with Crippen LogP contribution < -0.4 is 5.32 Å². The van der Waals surface area contributed by atoms with Crippen molar-refractivity contribution in [3.8, 4) is 6.07 Å². The van der Waals surface area contributed by atoms with Crippen molar-refractivity contribution in [3.63, 3.8) is 0 Å². The molecule has 0 unspecified atom stereocenters. The van der Waals surface area contributed by atoms with Gasteiger partial charge < -0.3 is 10.1 Å². The van der Waals surface area contributed by atoms with Crippen molar-refractivity contribution in [1.29, 1.82) is 5.26 Å². The maximum Gasteiger partial charge on any atom is 0.345 e. The van der Waals surface area contributed by atoms with Crippen LogP contribution in [0, 0.1) is 28.4 Å². The molecule has 0 bridgehead atoms. The fourth-order valence-corrected chi connectivity index (χ4v) is 2.27. The minimum absolute atomic E-state index is 0.205. The summed E-state index contributed by atoms with van der Waals surface area (Å²) in [6.07, 6.45) is 0.265. The number of rotatable bonds is 6. The number of hydrogen-bond acceptors (Lipinski definition) is 6. The third-order valence-corrected chi connectivity index (χ3v) is 3.50. The Morgan fingerprint density at radius 3 is 2.54 bits per heavy atom.